The van der Waals surface area contributed by atoms with Crippen LogP contribution in [-0.2, 0) is 11.2 Å². The Kier molecular flexibility index (Phi) is 4.19. The number of aromatic nitrogens is 1. The van der Waals surface area contributed by atoms with Gasteiger partial charge in [0, 0.05) is 23.6 Å². The van der Waals surface area contributed by atoms with E-state index in [1.54, 1.807) is 6.20 Å². The molecule has 98 valence electrons. The summed E-state index contributed by atoms with van der Waals surface area (Å²) >= 11 is 3.50. The van der Waals surface area contributed by atoms with E-state index < -0.39 is 6.09 Å². The molecule has 5 nitrogen and oxygen atoms in total. The minimum absolute atomic E-state index is 0.125. The van der Waals surface area contributed by atoms with Crippen molar-refractivity contribution in [3.8, 4) is 0 Å². The summed E-state index contributed by atoms with van der Waals surface area (Å²) in [5.74, 6) is 0. The van der Waals surface area contributed by atoms with Gasteiger partial charge in [0.05, 0.1) is 24.9 Å². The molecule has 2 rings (SSSR count). The summed E-state index contributed by atoms with van der Waals surface area (Å²) in [5.41, 5.74) is 2.03. The number of ether oxygens (including phenoxy) is 1. The normalized spacial score (nSPS) is 19.9. The van der Waals surface area contributed by atoms with E-state index in [9.17, 15) is 4.79 Å². The first-order valence-electron chi connectivity index (χ1n) is 5.77. The smallest absolute Gasteiger partial charge is 0.407 e. The average molecular weight is 315 g/mol. The van der Waals surface area contributed by atoms with E-state index in [0.29, 0.717) is 26.1 Å². The minimum atomic E-state index is -0.889. The molecule has 1 N–H and O–H groups in total. The van der Waals surface area contributed by atoms with Crippen LogP contribution in [0.4, 0.5) is 4.79 Å². The summed E-state index contributed by atoms with van der Waals surface area (Å²) in [7, 11) is 0. The van der Waals surface area contributed by atoms with Crippen LogP contribution in [0.5, 0.6) is 0 Å². The highest BCUT2D eigenvalue weighted by molar-refractivity contribution is 9.10. The first-order valence-corrected chi connectivity index (χ1v) is 6.56. The summed E-state index contributed by atoms with van der Waals surface area (Å²) in [5, 5.41) is 8.97. The molecule has 1 amide bonds. The quantitative estimate of drug-likeness (QED) is 0.907. The third-order valence-electron chi connectivity index (χ3n) is 2.98. The van der Waals surface area contributed by atoms with Gasteiger partial charge in [0.2, 0.25) is 0 Å². The fourth-order valence-electron chi connectivity index (χ4n) is 1.97. The molecule has 1 fully saturated rings. The van der Waals surface area contributed by atoms with E-state index in [4.69, 9.17) is 9.84 Å². The Hall–Kier alpha value is -1.14. The van der Waals surface area contributed by atoms with E-state index in [1.165, 1.54) is 4.90 Å². The van der Waals surface area contributed by atoms with Crippen molar-refractivity contribution in [2.75, 3.05) is 19.7 Å². The van der Waals surface area contributed by atoms with Gasteiger partial charge in [-0.05, 0) is 34.5 Å². The maximum Gasteiger partial charge on any atom is 0.407 e. The lowest BCUT2D eigenvalue weighted by Crippen LogP contribution is -2.45. The lowest BCUT2D eigenvalue weighted by Gasteiger charge is -2.31. The minimum Gasteiger partial charge on any atom is -0.465 e. The monoisotopic (exact) mass is 314 g/mol. The third kappa shape index (κ3) is 3.00. The SMILES string of the molecule is Cc1ccnc(CC2CN(C(=O)O)CCO2)c1Br. The number of hydrogen-bond donors (Lipinski definition) is 1. The lowest BCUT2D eigenvalue weighted by molar-refractivity contribution is -0.0215. The van der Waals surface area contributed by atoms with Crippen molar-refractivity contribution < 1.29 is 14.6 Å². The average Bonchev–Trinajstić information content (AvgIpc) is 2.35. The van der Waals surface area contributed by atoms with Crippen molar-refractivity contribution in [2.45, 2.75) is 19.4 Å². The number of halogens is 1. The highest BCUT2D eigenvalue weighted by Crippen LogP contribution is 2.21. The lowest BCUT2D eigenvalue weighted by atomic mass is 10.1. The van der Waals surface area contributed by atoms with Gasteiger partial charge < -0.3 is 14.7 Å². The standard InChI is InChI=1S/C12H15BrN2O3/c1-8-2-3-14-10(11(8)13)6-9-7-15(12(16)17)4-5-18-9/h2-3,9H,4-7H2,1H3,(H,16,17). The summed E-state index contributed by atoms with van der Waals surface area (Å²) in [4.78, 5) is 16.6. The van der Waals surface area contributed by atoms with Crippen molar-refractivity contribution in [1.82, 2.24) is 9.88 Å². The van der Waals surface area contributed by atoms with Gasteiger partial charge >= 0.3 is 6.09 Å². The van der Waals surface area contributed by atoms with Crippen LogP contribution in [-0.4, -0.2) is 46.9 Å². The topological polar surface area (TPSA) is 62.7 Å². The van der Waals surface area contributed by atoms with E-state index in [2.05, 4.69) is 20.9 Å². The second kappa shape index (κ2) is 5.67. The van der Waals surface area contributed by atoms with Gasteiger partial charge in [-0.2, -0.15) is 0 Å². The predicted octanol–water partition coefficient (Wildman–Crippen LogP) is 2.07. The second-order valence-electron chi connectivity index (χ2n) is 4.31. The molecule has 1 aromatic rings. The molecule has 1 unspecified atom stereocenters. The summed E-state index contributed by atoms with van der Waals surface area (Å²) in [6.45, 7) is 3.28. The largest absolute Gasteiger partial charge is 0.465 e. The molecule has 1 aliphatic rings. The van der Waals surface area contributed by atoms with Crippen molar-refractivity contribution >= 4 is 22.0 Å². The van der Waals surface area contributed by atoms with Gasteiger partial charge in [-0.3, -0.25) is 4.98 Å². The van der Waals surface area contributed by atoms with Crippen LogP contribution >= 0.6 is 15.9 Å². The van der Waals surface area contributed by atoms with E-state index in [1.807, 2.05) is 13.0 Å². The highest BCUT2D eigenvalue weighted by Gasteiger charge is 2.24. The number of carbonyl (C=O) groups is 1. The molecule has 1 aromatic heterocycles. The summed E-state index contributed by atoms with van der Waals surface area (Å²) in [6, 6.07) is 1.93. The number of morpholine rings is 1. The highest BCUT2D eigenvalue weighted by atomic mass is 79.9. The number of carboxylic acid groups (broad SMARTS) is 1. The third-order valence-corrected chi connectivity index (χ3v) is 4.07. The molecule has 0 aromatic carbocycles. The Morgan fingerprint density at radius 2 is 2.50 bits per heavy atom. The number of hydrogen-bond acceptors (Lipinski definition) is 3. The van der Waals surface area contributed by atoms with Crippen molar-refractivity contribution in [3.63, 3.8) is 0 Å². The Labute approximate surface area is 114 Å². The Morgan fingerprint density at radius 1 is 1.72 bits per heavy atom. The molecule has 2 heterocycles. The van der Waals surface area contributed by atoms with E-state index in [0.717, 1.165) is 15.7 Å². The molecule has 0 radical (unpaired) electrons. The molecule has 1 atom stereocenters. The molecule has 1 aliphatic heterocycles. The van der Waals surface area contributed by atoms with E-state index in [-0.39, 0.29) is 6.10 Å². The van der Waals surface area contributed by atoms with Crippen LogP contribution in [0, 0.1) is 6.92 Å². The maximum atomic E-state index is 10.9. The Balaban J connectivity index is 2.05. The van der Waals surface area contributed by atoms with Crippen LogP contribution in [0.25, 0.3) is 0 Å². The van der Waals surface area contributed by atoms with Gasteiger partial charge in [-0.15, -0.1) is 0 Å². The molecule has 0 saturated carbocycles. The fraction of sp³-hybridized carbons (Fsp3) is 0.500. The van der Waals surface area contributed by atoms with Crippen LogP contribution < -0.4 is 0 Å². The summed E-state index contributed by atoms with van der Waals surface area (Å²) < 4.78 is 6.56. The molecule has 0 bridgehead atoms. The van der Waals surface area contributed by atoms with Crippen molar-refractivity contribution in [1.29, 1.82) is 0 Å². The van der Waals surface area contributed by atoms with E-state index >= 15 is 0 Å². The number of pyridine rings is 1. The first kappa shape index (κ1) is 13.3. The number of nitrogens with zero attached hydrogens (tertiary/aromatic N) is 2. The number of rotatable bonds is 2. The van der Waals surface area contributed by atoms with Gasteiger partial charge in [0.15, 0.2) is 0 Å². The molecule has 1 saturated heterocycles. The zero-order valence-electron chi connectivity index (χ0n) is 10.1. The molecule has 6 heteroatoms. The fourth-order valence-corrected chi connectivity index (χ4v) is 2.37. The second-order valence-corrected chi connectivity index (χ2v) is 5.11. The number of aryl methyl sites for hydroxylation is 1. The zero-order chi connectivity index (χ0) is 13.1. The van der Waals surface area contributed by atoms with Crippen LogP contribution in [0.1, 0.15) is 11.3 Å². The molecular weight excluding hydrogens is 300 g/mol. The van der Waals surface area contributed by atoms with Crippen LogP contribution in [0.15, 0.2) is 16.7 Å². The Bertz CT molecular complexity index is 453. The zero-order valence-corrected chi connectivity index (χ0v) is 11.7. The van der Waals surface area contributed by atoms with Crippen LogP contribution in [0.3, 0.4) is 0 Å². The van der Waals surface area contributed by atoms with Gasteiger partial charge in [0.1, 0.15) is 0 Å². The van der Waals surface area contributed by atoms with Gasteiger partial charge in [0.25, 0.3) is 0 Å². The predicted molar refractivity (Wildman–Crippen MR) is 69.7 cm³/mol. The molecule has 0 aliphatic carbocycles. The molecule has 0 spiro atoms. The first-order chi connectivity index (χ1) is 8.58. The summed E-state index contributed by atoms with van der Waals surface area (Å²) in [6.07, 6.45) is 1.36. The maximum absolute atomic E-state index is 10.9. The van der Waals surface area contributed by atoms with Gasteiger partial charge in [-0.1, -0.05) is 0 Å². The molecule has 18 heavy (non-hydrogen) atoms. The van der Waals surface area contributed by atoms with Crippen LogP contribution in [0.2, 0.25) is 0 Å². The van der Waals surface area contributed by atoms with Crippen molar-refractivity contribution in [2.24, 2.45) is 0 Å². The van der Waals surface area contributed by atoms with Crippen molar-refractivity contribution in [3.05, 3.63) is 28.0 Å². The van der Waals surface area contributed by atoms with Gasteiger partial charge in [-0.25, -0.2) is 4.79 Å². The number of amides is 1. The molecular formula is C12H15BrN2O3. The Morgan fingerprint density at radius 3 is 3.22 bits per heavy atom.